The van der Waals surface area contributed by atoms with E-state index in [4.69, 9.17) is 11.6 Å². The van der Waals surface area contributed by atoms with Gasteiger partial charge >= 0.3 is 6.61 Å². The van der Waals surface area contributed by atoms with E-state index < -0.39 is 6.61 Å². The van der Waals surface area contributed by atoms with Crippen LogP contribution in [0.4, 0.5) is 8.78 Å². The first-order valence-corrected chi connectivity index (χ1v) is 9.29. The van der Waals surface area contributed by atoms with Crippen LogP contribution in [0.2, 0.25) is 5.15 Å². The third kappa shape index (κ3) is 5.12. The summed E-state index contributed by atoms with van der Waals surface area (Å²) in [5.41, 5.74) is 2.69. The van der Waals surface area contributed by atoms with Crippen molar-refractivity contribution in [1.29, 1.82) is 0 Å². The lowest BCUT2D eigenvalue weighted by Crippen LogP contribution is -2.26. The van der Waals surface area contributed by atoms with Crippen LogP contribution in [-0.4, -0.2) is 34.2 Å². The summed E-state index contributed by atoms with van der Waals surface area (Å²) in [6.45, 7) is -0.385. The minimum absolute atomic E-state index is 0.0683. The second-order valence-electron chi connectivity index (χ2n) is 6.58. The van der Waals surface area contributed by atoms with E-state index in [1.54, 1.807) is 30.8 Å². The average molecular weight is 420 g/mol. The topological polar surface area (TPSA) is 47.4 Å². The minimum Gasteiger partial charge on any atom is -0.435 e. The minimum atomic E-state index is -2.87. The zero-order chi connectivity index (χ0) is 21.0. The van der Waals surface area contributed by atoms with Crippen molar-refractivity contribution in [3.63, 3.8) is 0 Å². The Hall–Kier alpha value is -2.93. The number of carbonyl (C=O) groups is 1. The lowest BCUT2D eigenvalue weighted by Gasteiger charge is -2.17. The first-order valence-electron chi connectivity index (χ1n) is 8.91. The molecule has 1 amide bonds. The maximum atomic E-state index is 12.9. The highest BCUT2D eigenvalue weighted by Crippen LogP contribution is 2.23. The van der Waals surface area contributed by atoms with E-state index in [2.05, 4.69) is 9.84 Å². The molecule has 0 atom stereocenters. The van der Waals surface area contributed by atoms with Gasteiger partial charge in [-0.3, -0.25) is 4.79 Å². The van der Waals surface area contributed by atoms with Gasteiger partial charge in [0.1, 0.15) is 10.9 Å². The van der Waals surface area contributed by atoms with Gasteiger partial charge < -0.3 is 9.64 Å². The van der Waals surface area contributed by atoms with E-state index in [9.17, 15) is 13.6 Å². The molecule has 0 saturated heterocycles. The number of halogens is 3. The predicted octanol–water partition coefficient (Wildman–Crippen LogP) is 4.77. The fourth-order valence-electron chi connectivity index (χ4n) is 2.97. The predicted molar refractivity (Wildman–Crippen MR) is 106 cm³/mol. The van der Waals surface area contributed by atoms with Gasteiger partial charge in [0.2, 0.25) is 0 Å². The van der Waals surface area contributed by atoms with Gasteiger partial charge in [0, 0.05) is 13.6 Å². The molecule has 0 unspecified atom stereocenters. The van der Waals surface area contributed by atoms with Crippen LogP contribution in [0.15, 0.2) is 54.6 Å². The Bertz CT molecular complexity index is 976. The molecule has 5 nitrogen and oxygen atoms in total. The fourth-order valence-corrected chi connectivity index (χ4v) is 3.29. The first-order chi connectivity index (χ1) is 13.8. The summed E-state index contributed by atoms with van der Waals surface area (Å²) in [7, 11) is 1.65. The molecular formula is C21H20ClF2N3O2. The number of benzene rings is 2. The van der Waals surface area contributed by atoms with Crippen molar-refractivity contribution in [2.45, 2.75) is 26.6 Å². The van der Waals surface area contributed by atoms with Crippen molar-refractivity contribution in [2.75, 3.05) is 7.05 Å². The van der Waals surface area contributed by atoms with Crippen LogP contribution in [-0.2, 0) is 13.1 Å². The molecular weight excluding hydrogens is 400 g/mol. The van der Waals surface area contributed by atoms with Crippen molar-refractivity contribution in [3.05, 3.63) is 82.1 Å². The van der Waals surface area contributed by atoms with Crippen LogP contribution < -0.4 is 4.74 Å². The van der Waals surface area contributed by atoms with Crippen LogP contribution in [0, 0.1) is 6.92 Å². The molecule has 0 aliphatic carbocycles. The summed E-state index contributed by atoms with van der Waals surface area (Å²) in [4.78, 5) is 14.4. The number of ether oxygens (including phenoxy) is 1. The number of hydrogen-bond acceptors (Lipinski definition) is 3. The molecule has 2 aromatic carbocycles. The lowest BCUT2D eigenvalue weighted by molar-refractivity contribution is -0.0498. The molecule has 1 aromatic heterocycles. The van der Waals surface area contributed by atoms with Gasteiger partial charge in [-0.1, -0.05) is 54.1 Å². The third-order valence-corrected chi connectivity index (χ3v) is 4.75. The largest absolute Gasteiger partial charge is 0.435 e. The second-order valence-corrected chi connectivity index (χ2v) is 6.94. The summed E-state index contributed by atoms with van der Waals surface area (Å²) in [5, 5.41) is 4.69. The molecule has 152 valence electrons. The summed E-state index contributed by atoms with van der Waals surface area (Å²) in [6, 6.07) is 15.9. The molecule has 0 aliphatic rings. The van der Waals surface area contributed by atoms with E-state index >= 15 is 0 Å². The van der Waals surface area contributed by atoms with E-state index in [1.165, 1.54) is 17.0 Å². The van der Waals surface area contributed by atoms with Crippen LogP contribution in [0.3, 0.4) is 0 Å². The third-order valence-electron chi connectivity index (χ3n) is 4.37. The van der Waals surface area contributed by atoms with Crippen molar-refractivity contribution < 1.29 is 18.3 Å². The Morgan fingerprint density at radius 2 is 1.79 bits per heavy atom. The van der Waals surface area contributed by atoms with Crippen molar-refractivity contribution in [3.8, 4) is 5.75 Å². The number of alkyl halides is 2. The Labute approximate surface area is 172 Å². The van der Waals surface area contributed by atoms with Gasteiger partial charge in [-0.05, 0) is 30.2 Å². The van der Waals surface area contributed by atoms with Gasteiger partial charge in [-0.25, -0.2) is 4.68 Å². The van der Waals surface area contributed by atoms with E-state index in [0.29, 0.717) is 17.8 Å². The average Bonchev–Trinajstić information content (AvgIpc) is 2.96. The highest BCUT2D eigenvalue weighted by molar-refractivity contribution is 6.33. The highest BCUT2D eigenvalue weighted by atomic mass is 35.5. The number of aromatic nitrogens is 2. The molecule has 0 spiro atoms. The number of amides is 1. The molecule has 0 bridgehead atoms. The Kier molecular flexibility index (Phi) is 6.49. The van der Waals surface area contributed by atoms with Crippen molar-refractivity contribution in [1.82, 2.24) is 14.7 Å². The molecule has 0 radical (unpaired) electrons. The summed E-state index contributed by atoms with van der Waals surface area (Å²) in [6.07, 6.45) is 0. The Morgan fingerprint density at radius 1 is 1.14 bits per heavy atom. The smallest absolute Gasteiger partial charge is 0.387 e. The number of hydrogen-bond donors (Lipinski definition) is 0. The van der Waals surface area contributed by atoms with E-state index in [0.717, 1.165) is 11.1 Å². The zero-order valence-electron chi connectivity index (χ0n) is 16.0. The fraction of sp³-hybridized carbons (Fsp3) is 0.238. The zero-order valence-corrected chi connectivity index (χ0v) is 16.7. The molecule has 1 heterocycles. The number of aryl methyl sites for hydroxylation is 1. The van der Waals surface area contributed by atoms with Gasteiger partial charge in [-0.15, -0.1) is 0 Å². The second kappa shape index (κ2) is 9.05. The highest BCUT2D eigenvalue weighted by Gasteiger charge is 2.23. The normalized spacial score (nSPS) is 11.0. The van der Waals surface area contributed by atoms with E-state index in [-0.39, 0.29) is 23.4 Å². The summed E-state index contributed by atoms with van der Waals surface area (Å²) in [5.74, 6) is -0.196. The Balaban J connectivity index is 1.72. The van der Waals surface area contributed by atoms with E-state index in [1.807, 2.05) is 30.3 Å². The summed E-state index contributed by atoms with van der Waals surface area (Å²) < 4.78 is 30.4. The lowest BCUT2D eigenvalue weighted by atomic mass is 10.2. The van der Waals surface area contributed by atoms with Crippen molar-refractivity contribution in [2.24, 2.45) is 0 Å². The molecule has 8 heteroatoms. The Morgan fingerprint density at radius 3 is 2.41 bits per heavy atom. The molecule has 0 saturated carbocycles. The van der Waals surface area contributed by atoms with Gasteiger partial charge in [0.15, 0.2) is 0 Å². The van der Waals surface area contributed by atoms with Crippen LogP contribution in [0.5, 0.6) is 5.75 Å². The van der Waals surface area contributed by atoms with Crippen LogP contribution in [0.25, 0.3) is 0 Å². The van der Waals surface area contributed by atoms with Crippen LogP contribution >= 0.6 is 11.6 Å². The number of carbonyl (C=O) groups excluding carboxylic acids is 1. The molecule has 0 aliphatic heterocycles. The van der Waals surface area contributed by atoms with Gasteiger partial charge in [0.05, 0.1) is 17.8 Å². The molecule has 0 fully saturated rings. The molecule has 0 N–H and O–H groups in total. The quantitative estimate of drug-likeness (QED) is 0.554. The molecule has 29 heavy (non-hydrogen) atoms. The van der Waals surface area contributed by atoms with Gasteiger partial charge in [0.25, 0.3) is 5.91 Å². The summed E-state index contributed by atoms with van der Waals surface area (Å²) >= 11 is 6.46. The molecule has 3 aromatic rings. The number of rotatable bonds is 7. The first kappa shape index (κ1) is 20.8. The monoisotopic (exact) mass is 419 g/mol. The number of nitrogens with zero attached hydrogens (tertiary/aromatic N) is 3. The molecule has 3 rings (SSSR count). The maximum absolute atomic E-state index is 12.9. The SMILES string of the molecule is Cc1nn(Cc2ccccc2)c(Cl)c1C(=O)N(C)Cc1ccc(OC(F)F)cc1. The van der Waals surface area contributed by atoms with Gasteiger partial charge in [-0.2, -0.15) is 13.9 Å². The van der Waals surface area contributed by atoms with Crippen LogP contribution in [0.1, 0.15) is 27.2 Å². The maximum Gasteiger partial charge on any atom is 0.387 e. The van der Waals surface area contributed by atoms with Crippen molar-refractivity contribution >= 4 is 17.5 Å². The standard InChI is InChI=1S/C21H20ClF2N3O2/c1-14-18(19(22)27(25-14)13-15-6-4-3-5-7-15)20(28)26(2)12-16-8-10-17(11-9-16)29-21(23)24/h3-11,21H,12-13H2,1-2H3.